The van der Waals surface area contributed by atoms with Crippen molar-refractivity contribution in [2.24, 2.45) is 5.92 Å². The highest BCUT2D eigenvalue weighted by molar-refractivity contribution is 7.80. The number of rotatable bonds is 3. The van der Waals surface area contributed by atoms with Crippen molar-refractivity contribution in [2.75, 3.05) is 13.6 Å². The minimum absolute atomic E-state index is 0.0275. The van der Waals surface area contributed by atoms with Gasteiger partial charge in [-0.15, -0.1) is 12.6 Å². The molecule has 1 fully saturated rings. The maximum atomic E-state index is 12.1. The number of nitrogens with zero attached hydrogens (tertiary/aromatic N) is 1. The molecule has 1 aromatic rings. The van der Waals surface area contributed by atoms with Gasteiger partial charge in [0.25, 0.3) is 5.91 Å². The lowest BCUT2D eigenvalue weighted by molar-refractivity contribution is 0.0265. The Morgan fingerprint density at radius 3 is 2.53 bits per heavy atom. The predicted octanol–water partition coefficient (Wildman–Crippen LogP) is 1.82. The van der Waals surface area contributed by atoms with E-state index in [0.29, 0.717) is 11.5 Å². The Labute approximate surface area is 107 Å². The van der Waals surface area contributed by atoms with Crippen molar-refractivity contribution in [1.82, 2.24) is 4.90 Å². The Hall–Kier alpha value is -1.00. The predicted molar refractivity (Wildman–Crippen MR) is 69.4 cm³/mol. The second-order valence-corrected chi connectivity index (χ2v) is 5.24. The average Bonchev–Trinajstić information content (AvgIpc) is 2.27. The summed E-state index contributed by atoms with van der Waals surface area (Å²) in [5.74, 6) is 0.475. The van der Waals surface area contributed by atoms with Gasteiger partial charge >= 0.3 is 0 Å². The normalized spacial score (nSPS) is 23.0. The van der Waals surface area contributed by atoms with Gasteiger partial charge in [-0.05, 0) is 43.0 Å². The fourth-order valence-corrected chi connectivity index (χ4v) is 2.29. The molecule has 1 saturated carbocycles. The second-order valence-electron chi connectivity index (χ2n) is 4.72. The van der Waals surface area contributed by atoms with Gasteiger partial charge in [-0.3, -0.25) is 4.79 Å². The van der Waals surface area contributed by atoms with Crippen molar-refractivity contribution in [3.8, 4) is 0 Å². The molecule has 0 atom stereocenters. The highest BCUT2D eigenvalue weighted by Crippen LogP contribution is 2.27. The third-order valence-electron chi connectivity index (χ3n) is 3.20. The van der Waals surface area contributed by atoms with Gasteiger partial charge in [0.2, 0.25) is 0 Å². The molecule has 92 valence electrons. The average molecular weight is 251 g/mol. The summed E-state index contributed by atoms with van der Waals surface area (Å²) in [6.07, 6.45) is 1.47. The van der Waals surface area contributed by atoms with Crippen molar-refractivity contribution in [3.05, 3.63) is 29.8 Å². The van der Waals surface area contributed by atoms with Crippen molar-refractivity contribution in [2.45, 2.75) is 23.8 Å². The molecule has 1 aliphatic carbocycles. The summed E-state index contributed by atoms with van der Waals surface area (Å²) in [7, 11) is 1.81. The zero-order chi connectivity index (χ0) is 12.4. The van der Waals surface area contributed by atoms with E-state index in [-0.39, 0.29) is 12.0 Å². The fraction of sp³-hybridized carbons (Fsp3) is 0.462. The topological polar surface area (TPSA) is 40.5 Å². The Kier molecular flexibility index (Phi) is 3.74. The van der Waals surface area contributed by atoms with E-state index in [1.54, 1.807) is 17.0 Å². The molecule has 1 aliphatic rings. The van der Waals surface area contributed by atoms with Crippen LogP contribution in [0.4, 0.5) is 0 Å². The van der Waals surface area contributed by atoms with Gasteiger partial charge in [0.15, 0.2) is 0 Å². The lowest BCUT2D eigenvalue weighted by Crippen LogP contribution is -2.39. The molecular weight excluding hydrogens is 234 g/mol. The molecule has 0 aromatic heterocycles. The third-order valence-corrected chi connectivity index (χ3v) is 3.50. The standard InChI is InChI=1S/C13H17NO2S/c1-14(8-9-6-11(15)7-9)13(16)10-2-4-12(17)5-3-10/h2-5,9,11,15,17H,6-8H2,1H3. The highest BCUT2D eigenvalue weighted by atomic mass is 32.1. The van der Waals surface area contributed by atoms with E-state index in [2.05, 4.69) is 12.6 Å². The van der Waals surface area contributed by atoms with Crippen LogP contribution in [-0.4, -0.2) is 35.6 Å². The molecule has 1 N–H and O–H groups in total. The number of amides is 1. The maximum Gasteiger partial charge on any atom is 0.253 e. The molecule has 0 heterocycles. The second kappa shape index (κ2) is 5.10. The number of carbonyl (C=O) groups is 1. The molecular formula is C13H17NO2S. The van der Waals surface area contributed by atoms with Crippen LogP contribution in [0.5, 0.6) is 0 Å². The number of thiol groups is 1. The Bertz CT molecular complexity index is 398. The monoisotopic (exact) mass is 251 g/mol. The van der Waals surface area contributed by atoms with Crippen LogP contribution in [-0.2, 0) is 0 Å². The quantitative estimate of drug-likeness (QED) is 0.805. The molecule has 17 heavy (non-hydrogen) atoms. The molecule has 0 saturated heterocycles. The van der Waals surface area contributed by atoms with E-state index in [0.717, 1.165) is 24.3 Å². The van der Waals surface area contributed by atoms with Gasteiger partial charge in [0, 0.05) is 24.1 Å². The van der Waals surface area contributed by atoms with Gasteiger partial charge in [-0.25, -0.2) is 0 Å². The lowest BCUT2D eigenvalue weighted by atomic mass is 9.82. The highest BCUT2D eigenvalue weighted by Gasteiger charge is 2.29. The van der Waals surface area contributed by atoms with E-state index in [9.17, 15) is 9.90 Å². The molecule has 1 aromatic carbocycles. The number of aliphatic hydroxyl groups is 1. The van der Waals surface area contributed by atoms with Crippen LogP contribution < -0.4 is 0 Å². The van der Waals surface area contributed by atoms with E-state index in [4.69, 9.17) is 0 Å². The number of hydrogen-bond donors (Lipinski definition) is 2. The summed E-state index contributed by atoms with van der Waals surface area (Å²) in [5.41, 5.74) is 0.685. The lowest BCUT2D eigenvalue weighted by Gasteiger charge is -2.34. The first-order chi connectivity index (χ1) is 8.06. The molecule has 0 radical (unpaired) electrons. The van der Waals surface area contributed by atoms with Crippen LogP contribution in [0, 0.1) is 5.92 Å². The van der Waals surface area contributed by atoms with Crippen LogP contribution in [0.25, 0.3) is 0 Å². The van der Waals surface area contributed by atoms with Crippen LogP contribution in [0.2, 0.25) is 0 Å². The van der Waals surface area contributed by atoms with Crippen LogP contribution >= 0.6 is 12.6 Å². The first-order valence-electron chi connectivity index (χ1n) is 5.79. The van der Waals surface area contributed by atoms with Crippen molar-refractivity contribution < 1.29 is 9.90 Å². The van der Waals surface area contributed by atoms with Crippen molar-refractivity contribution >= 4 is 18.5 Å². The van der Waals surface area contributed by atoms with E-state index in [1.165, 1.54) is 0 Å². The first kappa shape index (κ1) is 12.5. The van der Waals surface area contributed by atoms with Gasteiger partial charge in [0.1, 0.15) is 0 Å². The summed E-state index contributed by atoms with van der Waals surface area (Å²) in [5, 5.41) is 9.21. The summed E-state index contributed by atoms with van der Waals surface area (Å²) in [6, 6.07) is 7.21. The Morgan fingerprint density at radius 2 is 2.00 bits per heavy atom. The number of aliphatic hydroxyl groups excluding tert-OH is 1. The number of carbonyl (C=O) groups excluding carboxylic acids is 1. The summed E-state index contributed by atoms with van der Waals surface area (Å²) < 4.78 is 0. The van der Waals surface area contributed by atoms with Crippen LogP contribution in [0.15, 0.2) is 29.2 Å². The number of hydrogen-bond acceptors (Lipinski definition) is 3. The molecule has 4 heteroatoms. The number of benzene rings is 1. The molecule has 1 amide bonds. The van der Waals surface area contributed by atoms with Gasteiger partial charge < -0.3 is 10.0 Å². The van der Waals surface area contributed by atoms with E-state index < -0.39 is 0 Å². The van der Waals surface area contributed by atoms with Gasteiger partial charge in [-0.2, -0.15) is 0 Å². The van der Waals surface area contributed by atoms with Crippen LogP contribution in [0.1, 0.15) is 23.2 Å². The summed E-state index contributed by atoms with van der Waals surface area (Å²) in [6.45, 7) is 0.721. The van der Waals surface area contributed by atoms with Gasteiger partial charge in [0.05, 0.1) is 6.10 Å². The largest absolute Gasteiger partial charge is 0.393 e. The van der Waals surface area contributed by atoms with Crippen molar-refractivity contribution in [1.29, 1.82) is 0 Å². The maximum absolute atomic E-state index is 12.1. The summed E-state index contributed by atoms with van der Waals surface area (Å²) in [4.78, 5) is 14.6. The first-order valence-corrected chi connectivity index (χ1v) is 6.23. The van der Waals surface area contributed by atoms with E-state index in [1.807, 2.05) is 19.2 Å². The molecule has 2 rings (SSSR count). The fourth-order valence-electron chi connectivity index (χ4n) is 2.14. The third kappa shape index (κ3) is 3.01. The smallest absolute Gasteiger partial charge is 0.253 e. The SMILES string of the molecule is CN(CC1CC(O)C1)C(=O)c1ccc(S)cc1. The minimum Gasteiger partial charge on any atom is -0.393 e. The Morgan fingerprint density at radius 1 is 1.41 bits per heavy atom. The zero-order valence-corrected chi connectivity index (χ0v) is 10.7. The zero-order valence-electron chi connectivity index (χ0n) is 9.84. The van der Waals surface area contributed by atoms with Crippen LogP contribution in [0.3, 0.4) is 0 Å². The van der Waals surface area contributed by atoms with Gasteiger partial charge in [-0.1, -0.05) is 0 Å². The Balaban J connectivity index is 1.92. The molecule has 0 spiro atoms. The molecule has 0 bridgehead atoms. The molecule has 0 unspecified atom stereocenters. The van der Waals surface area contributed by atoms with E-state index >= 15 is 0 Å². The summed E-state index contributed by atoms with van der Waals surface area (Å²) >= 11 is 4.19. The molecule has 0 aliphatic heterocycles. The minimum atomic E-state index is -0.160. The molecule has 3 nitrogen and oxygen atoms in total. The van der Waals surface area contributed by atoms with Crippen molar-refractivity contribution in [3.63, 3.8) is 0 Å².